The summed E-state index contributed by atoms with van der Waals surface area (Å²) < 4.78 is 16.8. The lowest BCUT2D eigenvalue weighted by molar-refractivity contribution is 0.102. The Hall–Kier alpha value is -2.80. The Morgan fingerprint density at radius 2 is 1.75 bits per heavy atom. The minimum absolute atomic E-state index is 0.223. The smallest absolute Gasteiger partial charge is 0.255 e. The normalized spacial score (nSPS) is 10.5. The number of aromatic nitrogens is 1. The van der Waals surface area contributed by atoms with Crippen LogP contribution in [0.2, 0.25) is 0 Å². The van der Waals surface area contributed by atoms with Crippen LogP contribution < -0.4 is 19.5 Å². The minimum atomic E-state index is -0.223. The Balaban J connectivity index is 1.90. The van der Waals surface area contributed by atoms with Gasteiger partial charge in [-0.3, -0.25) is 4.79 Å². The standard InChI is InChI=1S/C17H16N2O4S/c1-21-13-7-11(8-14(22-2)16(13)23-3)19-17(20)10-4-5-12-15(6-10)24-9-18-12/h4-9H,1-3H3,(H,19,20). The Kier molecular flexibility index (Phi) is 4.52. The molecule has 0 fully saturated rings. The number of benzene rings is 2. The van der Waals surface area contributed by atoms with Crippen LogP contribution in [0.4, 0.5) is 5.69 Å². The highest BCUT2D eigenvalue weighted by atomic mass is 32.1. The maximum absolute atomic E-state index is 12.5. The van der Waals surface area contributed by atoms with Crippen molar-refractivity contribution in [3.63, 3.8) is 0 Å². The van der Waals surface area contributed by atoms with Crippen molar-refractivity contribution in [2.24, 2.45) is 0 Å². The monoisotopic (exact) mass is 344 g/mol. The molecule has 1 N–H and O–H groups in total. The first-order chi connectivity index (χ1) is 11.7. The van der Waals surface area contributed by atoms with Crippen molar-refractivity contribution in [1.29, 1.82) is 0 Å². The fraction of sp³-hybridized carbons (Fsp3) is 0.176. The van der Waals surface area contributed by atoms with Gasteiger partial charge in [0.15, 0.2) is 11.5 Å². The van der Waals surface area contributed by atoms with Crippen LogP contribution in [0.25, 0.3) is 10.2 Å². The number of nitrogens with one attached hydrogen (secondary N) is 1. The average Bonchev–Trinajstić information content (AvgIpc) is 3.08. The number of hydrogen-bond acceptors (Lipinski definition) is 6. The third-order valence-corrected chi connectivity index (χ3v) is 4.31. The molecule has 6 nitrogen and oxygen atoms in total. The Morgan fingerprint density at radius 1 is 1.04 bits per heavy atom. The molecule has 7 heteroatoms. The van der Waals surface area contributed by atoms with Gasteiger partial charge in [0, 0.05) is 23.4 Å². The summed E-state index contributed by atoms with van der Waals surface area (Å²) in [6, 6.07) is 8.76. The molecule has 24 heavy (non-hydrogen) atoms. The lowest BCUT2D eigenvalue weighted by atomic mass is 10.2. The number of fused-ring (bicyclic) bond motifs is 1. The highest BCUT2D eigenvalue weighted by Crippen LogP contribution is 2.40. The predicted molar refractivity (Wildman–Crippen MR) is 93.7 cm³/mol. The molecule has 1 amide bonds. The van der Waals surface area contributed by atoms with E-state index >= 15 is 0 Å². The summed E-state index contributed by atoms with van der Waals surface area (Å²) in [5, 5.41) is 2.85. The van der Waals surface area contributed by atoms with Gasteiger partial charge in [-0.05, 0) is 18.2 Å². The van der Waals surface area contributed by atoms with Crippen molar-refractivity contribution in [2.45, 2.75) is 0 Å². The zero-order valence-corrected chi connectivity index (χ0v) is 14.3. The van der Waals surface area contributed by atoms with Gasteiger partial charge < -0.3 is 19.5 Å². The zero-order chi connectivity index (χ0) is 17.1. The molecule has 0 bridgehead atoms. The Labute approximate surface area is 143 Å². The van der Waals surface area contributed by atoms with Crippen molar-refractivity contribution in [2.75, 3.05) is 26.6 Å². The summed E-state index contributed by atoms with van der Waals surface area (Å²) in [6.45, 7) is 0. The molecular formula is C17H16N2O4S. The molecule has 1 aromatic heterocycles. The number of thiazole rings is 1. The third-order valence-electron chi connectivity index (χ3n) is 3.52. The number of rotatable bonds is 5. The van der Waals surface area contributed by atoms with E-state index in [4.69, 9.17) is 14.2 Å². The Bertz CT molecular complexity index is 866. The molecule has 0 atom stereocenters. The first kappa shape index (κ1) is 16.1. The zero-order valence-electron chi connectivity index (χ0n) is 13.5. The van der Waals surface area contributed by atoms with Crippen molar-refractivity contribution in [1.82, 2.24) is 4.98 Å². The summed E-state index contributed by atoms with van der Waals surface area (Å²) in [6.07, 6.45) is 0. The summed E-state index contributed by atoms with van der Waals surface area (Å²) in [4.78, 5) is 16.7. The second-order valence-electron chi connectivity index (χ2n) is 4.90. The highest BCUT2D eigenvalue weighted by molar-refractivity contribution is 7.16. The maximum atomic E-state index is 12.5. The molecule has 2 aromatic carbocycles. The van der Waals surface area contributed by atoms with Crippen molar-refractivity contribution in [3.05, 3.63) is 41.4 Å². The van der Waals surface area contributed by atoms with Gasteiger partial charge >= 0.3 is 0 Å². The van der Waals surface area contributed by atoms with Crippen LogP contribution in [0.5, 0.6) is 17.2 Å². The quantitative estimate of drug-likeness (QED) is 0.766. The van der Waals surface area contributed by atoms with E-state index in [1.165, 1.54) is 32.7 Å². The van der Waals surface area contributed by atoms with E-state index in [2.05, 4.69) is 10.3 Å². The van der Waals surface area contributed by atoms with Gasteiger partial charge in [0.05, 0.1) is 37.1 Å². The summed E-state index contributed by atoms with van der Waals surface area (Å²) in [5.74, 6) is 1.21. The van der Waals surface area contributed by atoms with E-state index in [1.807, 2.05) is 12.1 Å². The molecule has 124 valence electrons. The van der Waals surface area contributed by atoms with Gasteiger partial charge in [-0.2, -0.15) is 0 Å². The number of methoxy groups -OCH3 is 3. The van der Waals surface area contributed by atoms with Crippen LogP contribution in [0.3, 0.4) is 0 Å². The summed E-state index contributed by atoms with van der Waals surface area (Å²) in [7, 11) is 4.59. The minimum Gasteiger partial charge on any atom is -0.493 e. The molecule has 0 aliphatic rings. The van der Waals surface area contributed by atoms with Crippen molar-refractivity contribution >= 4 is 33.1 Å². The number of anilines is 1. The highest BCUT2D eigenvalue weighted by Gasteiger charge is 2.15. The largest absolute Gasteiger partial charge is 0.493 e. The molecule has 0 aliphatic carbocycles. The number of amides is 1. The molecule has 0 saturated heterocycles. The number of ether oxygens (including phenoxy) is 3. The van der Waals surface area contributed by atoms with E-state index in [0.717, 1.165) is 10.2 Å². The van der Waals surface area contributed by atoms with E-state index in [0.29, 0.717) is 28.5 Å². The molecule has 3 rings (SSSR count). The molecule has 1 heterocycles. The molecule has 0 spiro atoms. The lowest BCUT2D eigenvalue weighted by Crippen LogP contribution is -2.12. The van der Waals surface area contributed by atoms with Gasteiger partial charge in [0.2, 0.25) is 5.75 Å². The molecule has 3 aromatic rings. The first-order valence-corrected chi connectivity index (χ1v) is 7.99. The number of nitrogens with zero attached hydrogens (tertiary/aromatic N) is 1. The fourth-order valence-electron chi connectivity index (χ4n) is 2.35. The van der Waals surface area contributed by atoms with E-state index in [-0.39, 0.29) is 5.91 Å². The van der Waals surface area contributed by atoms with E-state index in [1.54, 1.807) is 23.7 Å². The van der Waals surface area contributed by atoms with E-state index < -0.39 is 0 Å². The third kappa shape index (κ3) is 2.98. The van der Waals surface area contributed by atoms with Crippen molar-refractivity contribution < 1.29 is 19.0 Å². The van der Waals surface area contributed by atoms with Crippen LogP contribution in [0, 0.1) is 0 Å². The molecule has 0 radical (unpaired) electrons. The van der Waals surface area contributed by atoms with Gasteiger partial charge in [0.1, 0.15) is 0 Å². The Morgan fingerprint density at radius 3 is 2.38 bits per heavy atom. The van der Waals surface area contributed by atoms with Crippen LogP contribution in [-0.2, 0) is 0 Å². The number of carbonyl (C=O) groups excluding carboxylic acids is 1. The molecule has 0 unspecified atom stereocenters. The first-order valence-electron chi connectivity index (χ1n) is 7.11. The molecule has 0 saturated carbocycles. The van der Waals surface area contributed by atoms with Gasteiger partial charge in [-0.15, -0.1) is 11.3 Å². The van der Waals surface area contributed by atoms with Crippen LogP contribution in [0.1, 0.15) is 10.4 Å². The van der Waals surface area contributed by atoms with Crippen molar-refractivity contribution in [3.8, 4) is 17.2 Å². The van der Waals surface area contributed by atoms with E-state index in [9.17, 15) is 4.79 Å². The lowest BCUT2D eigenvalue weighted by Gasteiger charge is -2.14. The topological polar surface area (TPSA) is 69.7 Å². The van der Waals surface area contributed by atoms with Crippen LogP contribution in [0.15, 0.2) is 35.8 Å². The van der Waals surface area contributed by atoms with Crippen LogP contribution >= 0.6 is 11.3 Å². The number of hydrogen-bond donors (Lipinski definition) is 1. The maximum Gasteiger partial charge on any atom is 0.255 e. The fourth-order valence-corrected chi connectivity index (χ4v) is 3.07. The second-order valence-corrected chi connectivity index (χ2v) is 5.79. The molecule has 0 aliphatic heterocycles. The van der Waals surface area contributed by atoms with Crippen LogP contribution in [-0.4, -0.2) is 32.2 Å². The second kappa shape index (κ2) is 6.76. The average molecular weight is 344 g/mol. The molecular weight excluding hydrogens is 328 g/mol. The van der Waals surface area contributed by atoms with Gasteiger partial charge in [0.25, 0.3) is 5.91 Å². The van der Waals surface area contributed by atoms with Gasteiger partial charge in [-0.25, -0.2) is 4.98 Å². The number of carbonyl (C=O) groups is 1. The summed E-state index contributed by atoms with van der Waals surface area (Å²) in [5.41, 5.74) is 3.75. The van der Waals surface area contributed by atoms with Gasteiger partial charge in [-0.1, -0.05) is 0 Å². The SMILES string of the molecule is COc1cc(NC(=O)c2ccc3ncsc3c2)cc(OC)c1OC. The predicted octanol–water partition coefficient (Wildman–Crippen LogP) is 3.57. The summed E-state index contributed by atoms with van der Waals surface area (Å²) >= 11 is 1.49.